The van der Waals surface area contributed by atoms with Gasteiger partial charge in [0.05, 0.1) is 17.9 Å². The molecule has 43 heavy (non-hydrogen) atoms. The SMILES string of the molecule is CC(C)c1ccc(NC(=O)C2[C@H]3C=CC4(O3)C(C(=O)NC3CCCC(C)C3C)N(CCc3ccccc3Cl)C(=O)[C@@H]24)cc1. The van der Waals surface area contributed by atoms with Crippen molar-refractivity contribution in [3.8, 4) is 0 Å². The van der Waals surface area contributed by atoms with Crippen LogP contribution in [0.25, 0.3) is 0 Å². The lowest BCUT2D eigenvalue weighted by Gasteiger charge is -2.38. The molecule has 7 nitrogen and oxygen atoms in total. The van der Waals surface area contributed by atoms with Crippen LogP contribution in [0.2, 0.25) is 5.02 Å². The average molecular weight is 604 g/mol. The maximum absolute atomic E-state index is 14.3. The van der Waals surface area contributed by atoms with Crippen LogP contribution in [0.15, 0.2) is 60.7 Å². The van der Waals surface area contributed by atoms with E-state index in [1.165, 1.54) is 5.56 Å². The topological polar surface area (TPSA) is 87.7 Å². The number of amides is 3. The summed E-state index contributed by atoms with van der Waals surface area (Å²) < 4.78 is 6.53. The van der Waals surface area contributed by atoms with E-state index in [1.54, 1.807) is 4.90 Å². The largest absolute Gasteiger partial charge is 0.359 e. The minimum absolute atomic E-state index is 0.0303. The average Bonchev–Trinajstić information content (AvgIpc) is 3.62. The predicted octanol–water partition coefficient (Wildman–Crippen LogP) is 5.74. The number of hydrogen-bond acceptors (Lipinski definition) is 4. The summed E-state index contributed by atoms with van der Waals surface area (Å²) in [6.45, 7) is 8.96. The molecule has 228 valence electrons. The molecule has 3 aliphatic heterocycles. The van der Waals surface area contributed by atoms with E-state index in [1.807, 2.05) is 60.7 Å². The molecule has 3 heterocycles. The fourth-order valence-corrected chi connectivity index (χ4v) is 7.90. The molecular weight excluding hydrogens is 562 g/mol. The molecular formula is C35H42ClN3O4. The van der Waals surface area contributed by atoms with E-state index in [9.17, 15) is 14.4 Å². The Morgan fingerprint density at radius 2 is 1.81 bits per heavy atom. The van der Waals surface area contributed by atoms with E-state index >= 15 is 0 Å². The highest BCUT2D eigenvalue weighted by molar-refractivity contribution is 6.31. The van der Waals surface area contributed by atoms with Crippen molar-refractivity contribution in [3.05, 3.63) is 76.8 Å². The van der Waals surface area contributed by atoms with Gasteiger partial charge in [0.25, 0.3) is 0 Å². The van der Waals surface area contributed by atoms with Crippen LogP contribution in [0.5, 0.6) is 0 Å². The lowest BCUT2D eigenvalue weighted by molar-refractivity contribution is -0.141. The normalized spacial score (nSPS) is 32.7. The molecule has 2 N–H and O–H groups in total. The fraction of sp³-hybridized carbons (Fsp3) is 0.514. The summed E-state index contributed by atoms with van der Waals surface area (Å²) in [5.41, 5.74) is 1.56. The van der Waals surface area contributed by atoms with Crippen LogP contribution in [0.1, 0.15) is 64.0 Å². The second kappa shape index (κ2) is 11.7. The zero-order valence-corrected chi connectivity index (χ0v) is 26.1. The Bertz CT molecular complexity index is 1420. The quantitative estimate of drug-likeness (QED) is 0.377. The molecule has 2 bridgehead atoms. The highest BCUT2D eigenvalue weighted by atomic mass is 35.5. The summed E-state index contributed by atoms with van der Waals surface area (Å²) >= 11 is 6.46. The first kappa shape index (κ1) is 29.9. The van der Waals surface area contributed by atoms with Crippen LogP contribution >= 0.6 is 11.6 Å². The van der Waals surface area contributed by atoms with Crippen LogP contribution in [-0.2, 0) is 25.5 Å². The second-order valence-corrected chi connectivity index (χ2v) is 13.6. The number of rotatable bonds is 8. The smallest absolute Gasteiger partial charge is 0.246 e. The number of benzene rings is 2. The monoisotopic (exact) mass is 603 g/mol. The predicted molar refractivity (Wildman–Crippen MR) is 168 cm³/mol. The maximum atomic E-state index is 14.3. The Morgan fingerprint density at radius 1 is 1.07 bits per heavy atom. The van der Waals surface area contributed by atoms with Crippen molar-refractivity contribution in [3.63, 3.8) is 0 Å². The summed E-state index contributed by atoms with van der Waals surface area (Å²) in [5.74, 6) is -1.02. The number of fused-ring (bicyclic) bond motifs is 1. The Hall–Kier alpha value is -3.16. The van der Waals surface area contributed by atoms with Crippen molar-refractivity contribution in [1.29, 1.82) is 0 Å². The molecule has 0 aromatic heterocycles. The molecule has 3 fully saturated rings. The molecule has 8 heteroatoms. The summed E-state index contributed by atoms with van der Waals surface area (Å²) in [7, 11) is 0. The lowest BCUT2D eigenvalue weighted by Crippen LogP contribution is -2.58. The van der Waals surface area contributed by atoms with E-state index in [2.05, 4.69) is 38.3 Å². The van der Waals surface area contributed by atoms with Crippen LogP contribution in [0, 0.1) is 23.7 Å². The summed E-state index contributed by atoms with van der Waals surface area (Å²) in [6, 6.07) is 14.5. The van der Waals surface area contributed by atoms with Gasteiger partial charge < -0.3 is 20.3 Å². The van der Waals surface area contributed by atoms with Crippen molar-refractivity contribution < 1.29 is 19.1 Å². The van der Waals surface area contributed by atoms with Gasteiger partial charge in [0.1, 0.15) is 11.6 Å². The molecule has 2 saturated heterocycles. The number of hydrogen-bond donors (Lipinski definition) is 2. The van der Waals surface area contributed by atoms with Crippen molar-refractivity contribution in [1.82, 2.24) is 10.2 Å². The van der Waals surface area contributed by atoms with Crippen molar-refractivity contribution in [2.45, 2.75) is 83.1 Å². The van der Waals surface area contributed by atoms with E-state index in [0.717, 1.165) is 24.8 Å². The first-order valence-corrected chi connectivity index (χ1v) is 16.1. The minimum Gasteiger partial charge on any atom is -0.359 e. The van der Waals surface area contributed by atoms with Gasteiger partial charge >= 0.3 is 0 Å². The summed E-state index contributed by atoms with van der Waals surface area (Å²) in [6.07, 6.45) is 6.76. The summed E-state index contributed by atoms with van der Waals surface area (Å²) in [4.78, 5) is 44.0. The molecule has 1 aliphatic carbocycles. The molecule has 2 aromatic rings. The summed E-state index contributed by atoms with van der Waals surface area (Å²) in [5, 5.41) is 6.96. The number of likely N-dealkylation sites (tertiary alicyclic amines) is 1. The van der Waals surface area contributed by atoms with Crippen LogP contribution in [0.3, 0.4) is 0 Å². The van der Waals surface area contributed by atoms with Crippen molar-refractivity contribution in [2.75, 3.05) is 11.9 Å². The fourth-order valence-electron chi connectivity index (χ4n) is 7.67. The highest BCUT2D eigenvalue weighted by Gasteiger charge is 2.72. The van der Waals surface area contributed by atoms with Gasteiger partial charge in [0.15, 0.2) is 0 Å². The third-order valence-electron chi connectivity index (χ3n) is 10.4. The van der Waals surface area contributed by atoms with E-state index in [4.69, 9.17) is 16.3 Å². The van der Waals surface area contributed by atoms with Gasteiger partial charge in [0, 0.05) is 23.3 Å². The zero-order chi connectivity index (χ0) is 30.5. The van der Waals surface area contributed by atoms with Crippen molar-refractivity contribution in [2.24, 2.45) is 23.7 Å². The van der Waals surface area contributed by atoms with Crippen molar-refractivity contribution >= 4 is 35.0 Å². The number of carbonyl (C=O) groups is 3. The standard InChI is InChI=1S/C35H42ClN3O4/c1-20(2)23-12-14-25(15-13-23)37-32(40)29-28-16-18-35(43-28)30(29)34(42)39(19-17-24-9-5-6-10-26(24)36)31(35)33(41)38-27-11-7-8-21(3)22(27)4/h5-6,9-10,12-16,18,20-22,27-31H,7-8,11,17,19H2,1-4H3,(H,37,40)(H,38,41)/t21?,22?,27?,28-,29?,30-,31?,35?/m1/s1. The molecule has 3 amide bonds. The van der Waals surface area contributed by atoms with E-state index in [-0.39, 0.29) is 23.8 Å². The lowest BCUT2D eigenvalue weighted by atomic mass is 9.73. The number of nitrogens with zero attached hydrogens (tertiary/aromatic N) is 1. The maximum Gasteiger partial charge on any atom is 0.246 e. The molecule has 1 spiro atoms. The van der Waals surface area contributed by atoms with Crippen LogP contribution < -0.4 is 10.6 Å². The zero-order valence-electron chi connectivity index (χ0n) is 25.4. The van der Waals surface area contributed by atoms with E-state index < -0.39 is 29.6 Å². The molecule has 0 radical (unpaired) electrons. The van der Waals surface area contributed by atoms with Gasteiger partial charge in [0.2, 0.25) is 17.7 Å². The van der Waals surface area contributed by atoms with Gasteiger partial charge in [-0.05, 0) is 59.9 Å². The molecule has 1 saturated carbocycles. The molecule has 6 rings (SSSR count). The Balaban J connectivity index is 1.29. The van der Waals surface area contributed by atoms with Gasteiger partial charge in [-0.2, -0.15) is 0 Å². The molecule has 4 aliphatic rings. The Labute approximate surface area is 259 Å². The number of nitrogens with one attached hydrogen (secondary N) is 2. The molecule has 2 aromatic carbocycles. The van der Waals surface area contributed by atoms with Crippen LogP contribution in [-0.4, -0.2) is 53.0 Å². The van der Waals surface area contributed by atoms with Gasteiger partial charge in [-0.1, -0.05) is 94.6 Å². The Kier molecular flexibility index (Phi) is 8.16. The first-order chi connectivity index (χ1) is 20.6. The first-order valence-electron chi connectivity index (χ1n) is 15.7. The van der Waals surface area contributed by atoms with Gasteiger partial charge in [-0.15, -0.1) is 0 Å². The van der Waals surface area contributed by atoms with Gasteiger partial charge in [-0.3, -0.25) is 14.4 Å². The highest BCUT2D eigenvalue weighted by Crippen LogP contribution is 2.55. The molecule has 6 unspecified atom stereocenters. The number of carbonyl (C=O) groups excluding carboxylic acids is 3. The molecule has 8 atom stereocenters. The number of anilines is 1. The third kappa shape index (κ3) is 5.29. The number of ether oxygens (including phenoxy) is 1. The third-order valence-corrected chi connectivity index (χ3v) is 10.8. The van der Waals surface area contributed by atoms with Gasteiger partial charge in [-0.25, -0.2) is 0 Å². The second-order valence-electron chi connectivity index (χ2n) is 13.2. The minimum atomic E-state index is -1.20. The van der Waals surface area contributed by atoms with E-state index in [0.29, 0.717) is 41.4 Å². The van der Waals surface area contributed by atoms with Crippen LogP contribution in [0.4, 0.5) is 5.69 Å². The Morgan fingerprint density at radius 3 is 2.53 bits per heavy atom. The number of halogens is 1.